The lowest BCUT2D eigenvalue weighted by Gasteiger charge is -2.02. The number of fused-ring (bicyclic) bond motifs is 2. The van der Waals surface area contributed by atoms with Crippen LogP contribution in [-0.4, -0.2) is 20.7 Å². The van der Waals surface area contributed by atoms with Gasteiger partial charge in [-0.05, 0) is 31.4 Å². The summed E-state index contributed by atoms with van der Waals surface area (Å²) < 4.78 is 1.48. The van der Waals surface area contributed by atoms with Gasteiger partial charge in [-0.15, -0.1) is 11.3 Å². The Morgan fingerprint density at radius 1 is 1.35 bits per heavy atom. The number of nitrogens with one attached hydrogen (secondary N) is 2. The van der Waals surface area contributed by atoms with Crippen LogP contribution in [0.1, 0.15) is 23.4 Å². The molecule has 0 atom stereocenters. The molecule has 0 unspecified atom stereocenters. The molecule has 1 aliphatic rings. The van der Waals surface area contributed by atoms with Gasteiger partial charge in [-0.25, -0.2) is 4.98 Å². The van der Waals surface area contributed by atoms with E-state index in [4.69, 9.17) is 0 Å². The molecule has 3 aromatic rings. The molecule has 6 nitrogen and oxygen atoms in total. The lowest BCUT2D eigenvalue weighted by Crippen LogP contribution is -2.21. The maximum absolute atomic E-state index is 12.2. The highest BCUT2D eigenvalue weighted by atomic mass is 32.1. The fourth-order valence-corrected chi connectivity index (χ4v) is 3.97. The normalized spacial score (nSPS) is 13.4. The molecular weight excluding hydrogens is 312 g/mol. The molecule has 0 saturated heterocycles. The zero-order valence-corrected chi connectivity index (χ0v) is 13.3. The Hall–Kier alpha value is -2.41. The minimum Gasteiger partial charge on any atom is -0.302 e. The molecule has 1 aromatic carbocycles. The second-order valence-corrected chi connectivity index (χ2v) is 6.74. The van der Waals surface area contributed by atoms with Crippen molar-refractivity contribution in [2.75, 3.05) is 5.32 Å². The Morgan fingerprint density at radius 3 is 3.04 bits per heavy atom. The van der Waals surface area contributed by atoms with Crippen LogP contribution >= 0.6 is 11.3 Å². The molecule has 0 spiro atoms. The van der Waals surface area contributed by atoms with E-state index in [1.165, 1.54) is 9.56 Å². The van der Waals surface area contributed by atoms with Crippen molar-refractivity contribution in [1.82, 2.24) is 14.8 Å². The standard InChI is InChI=1S/C16H16N4O2S/c21-14(18-16-17-12-6-3-7-13(12)23-16)8-9-20-15(22)10-4-1-2-5-11(10)19-20/h1-2,4-5,19H,3,6-9H2,(H,17,18,21). The molecule has 118 valence electrons. The second kappa shape index (κ2) is 5.66. The summed E-state index contributed by atoms with van der Waals surface area (Å²) >= 11 is 1.56. The van der Waals surface area contributed by atoms with Crippen LogP contribution in [0.25, 0.3) is 10.9 Å². The molecule has 23 heavy (non-hydrogen) atoms. The van der Waals surface area contributed by atoms with E-state index in [2.05, 4.69) is 15.4 Å². The van der Waals surface area contributed by atoms with E-state index in [1.54, 1.807) is 17.4 Å². The number of aromatic amines is 1. The molecule has 2 N–H and O–H groups in total. The number of amides is 1. The number of rotatable bonds is 4. The first-order valence-electron chi connectivity index (χ1n) is 7.67. The van der Waals surface area contributed by atoms with Crippen molar-refractivity contribution in [1.29, 1.82) is 0 Å². The van der Waals surface area contributed by atoms with Crippen molar-refractivity contribution in [3.63, 3.8) is 0 Å². The summed E-state index contributed by atoms with van der Waals surface area (Å²) in [6.07, 6.45) is 3.46. The smallest absolute Gasteiger partial charge is 0.274 e. The summed E-state index contributed by atoms with van der Waals surface area (Å²) in [7, 11) is 0. The van der Waals surface area contributed by atoms with Gasteiger partial charge in [-0.1, -0.05) is 12.1 Å². The largest absolute Gasteiger partial charge is 0.302 e. The molecule has 4 rings (SSSR count). The van der Waals surface area contributed by atoms with Crippen LogP contribution < -0.4 is 10.9 Å². The van der Waals surface area contributed by atoms with Gasteiger partial charge in [0.2, 0.25) is 5.91 Å². The first kappa shape index (κ1) is 14.2. The molecule has 0 saturated carbocycles. The van der Waals surface area contributed by atoms with Crippen molar-refractivity contribution < 1.29 is 4.79 Å². The minimum atomic E-state index is -0.122. The van der Waals surface area contributed by atoms with Crippen LogP contribution in [-0.2, 0) is 24.2 Å². The molecular formula is C16H16N4O2S. The zero-order chi connectivity index (χ0) is 15.8. The summed E-state index contributed by atoms with van der Waals surface area (Å²) in [5, 5.41) is 7.17. The summed E-state index contributed by atoms with van der Waals surface area (Å²) in [6.45, 7) is 0.324. The monoisotopic (exact) mass is 328 g/mol. The van der Waals surface area contributed by atoms with E-state index in [1.807, 2.05) is 18.2 Å². The quantitative estimate of drug-likeness (QED) is 0.771. The van der Waals surface area contributed by atoms with Crippen LogP contribution in [0.15, 0.2) is 29.1 Å². The van der Waals surface area contributed by atoms with E-state index in [-0.39, 0.29) is 17.9 Å². The number of thiazole rings is 1. The van der Waals surface area contributed by atoms with Crippen LogP contribution in [0.2, 0.25) is 0 Å². The van der Waals surface area contributed by atoms with Gasteiger partial charge >= 0.3 is 0 Å². The summed E-state index contributed by atoms with van der Waals surface area (Å²) in [5.41, 5.74) is 1.81. The number of anilines is 1. The van der Waals surface area contributed by atoms with Crippen molar-refractivity contribution in [3.05, 3.63) is 45.2 Å². The fraction of sp³-hybridized carbons (Fsp3) is 0.312. The average Bonchev–Trinajstić information content (AvgIpc) is 3.20. The van der Waals surface area contributed by atoms with Crippen LogP contribution in [0.3, 0.4) is 0 Å². The topological polar surface area (TPSA) is 79.8 Å². The van der Waals surface area contributed by atoms with Crippen molar-refractivity contribution in [2.45, 2.75) is 32.2 Å². The van der Waals surface area contributed by atoms with E-state index in [9.17, 15) is 9.59 Å². The third-order valence-corrected chi connectivity index (χ3v) is 5.14. The van der Waals surface area contributed by atoms with Gasteiger partial charge in [-0.2, -0.15) is 0 Å². The van der Waals surface area contributed by atoms with Crippen LogP contribution in [0.5, 0.6) is 0 Å². The Bertz CT molecular complexity index is 916. The lowest BCUT2D eigenvalue weighted by molar-refractivity contribution is -0.116. The molecule has 1 amide bonds. The number of hydrogen-bond acceptors (Lipinski definition) is 4. The van der Waals surface area contributed by atoms with Crippen molar-refractivity contribution in [2.24, 2.45) is 0 Å². The Morgan fingerprint density at radius 2 is 2.22 bits per heavy atom. The minimum absolute atomic E-state index is 0.0957. The predicted molar refractivity (Wildman–Crippen MR) is 89.9 cm³/mol. The zero-order valence-electron chi connectivity index (χ0n) is 12.5. The van der Waals surface area contributed by atoms with Crippen LogP contribution in [0.4, 0.5) is 5.13 Å². The number of nitrogens with zero attached hydrogens (tertiary/aromatic N) is 2. The van der Waals surface area contributed by atoms with E-state index in [0.717, 1.165) is 30.5 Å². The van der Waals surface area contributed by atoms with Gasteiger partial charge in [0.1, 0.15) is 0 Å². The third-order valence-electron chi connectivity index (χ3n) is 4.06. The number of benzene rings is 1. The van der Waals surface area contributed by atoms with Gasteiger partial charge in [0.25, 0.3) is 5.56 Å². The Labute approximate surface area is 136 Å². The highest BCUT2D eigenvalue weighted by Crippen LogP contribution is 2.30. The SMILES string of the molecule is O=C(CCn1[nH]c2ccccc2c1=O)Nc1nc2c(s1)CCC2. The number of aromatic nitrogens is 3. The van der Waals surface area contributed by atoms with Crippen molar-refractivity contribution >= 4 is 33.3 Å². The molecule has 0 fully saturated rings. The highest BCUT2D eigenvalue weighted by Gasteiger charge is 2.17. The van der Waals surface area contributed by atoms with Crippen LogP contribution in [0, 0.1) is 0 Å². The molecule has 2 heterocycles. The fourth-order valence-electron chi connectivity index (χ4n) is 2.91. The molecule has 1 aliphatic carbocycles. The number of carbonyl (C=O) groups is 1. The molecule has 0 aliphatic heterocycles. The molecule has 7 heteroatoms. The predicted octanol–water partition coefficient (Wildman–Crippen LogP) is 2.30. The average molecular weight is 328 g/mol. The number of para-hydroxylation sites is 1. The lowest BCUT2D eigenvalue weighted by atomic mass is 10.3. The van der Waals surface area contributed by atoms with Gasteiger partial charge in [0.15, 0.2) is 5.13 Å². The highest BCUT2D eigenvalue weighted by molar-refractivity contribution is 7.15. The number of carbonyl (C=O) groups excluding carboxylic acids is 1. The summed E-state index contributed by atoms with van der Waals surface area (Å²) in [6, 6.07) is 7.33. The van der Waals surface area contributed by atoms with Crippen molar-refractivity contribution in [3.8, 4) is 0 Å². The summed E-state index contributed by atoms with van der Waals surface area (Å²) in [4.78, 5) is 30.0. The number of H-pyrrole nitrogens is 1. The molecule has 0 bridgehead atoms. The van der Waals surface area contributed by atoms with Gasteiger partial charge in [0, 0.05) is 11.3 Å². The number of aryl methyl sites for hydroxylation is 3. The van der Waals surface area contributed by atoms with E-state index in [0.29, 0.717) is 17.1 Å². The Kier molecular flexibility index (Phi) is 3.49. The second-order valence-electron chi connectivity index (χ2n) is 5.65. The Balaban J connectivity index is 1.42. The third kappa shape index (κ3) is 2.68. The first-order chi connectivity index (χ1) is 11.2. The van der Waals surface area contributed by atoms with Gasteiger partial charge in [0.05, 0.1) is 23.1 Å². The van der Waals surface area contributed by atoms with Gasteiger partial charge < -0.3 is 5.32 Å². The van der Waals surface area contributed by atoms with Gasteiger partial charge in [-0.3, -0.25) is 19.4 Å². The van der Waals surface area contributed by atoms with E-state index >= 15 is 0 Å². The maximum Gasteiger partial charge on any atom is 0.274 e. The van der Waals surface area contributed by atoms with E-state index < -0.39 is 0 Å². The maximum atomic E-state index is 12.2. The number of hydrogen-bond donors (Lipinski definition) is 2. The summed E-state index contributed by atoms with van der Waals surface area (Å²) in [5.74, 6) is -0.122. The molecule has 0 radical (unpaired) electrons. The first-order valence-corrected chi connectivity index (χ1v) is 8.48. The molecule has 2 aromatic heterocycles.